The van der Waals surface area contributed by atoms with E-state index in [9.17, 15) is 18.4 Å². The topological polar surface area (TPSA) is 111 Å². The summed E-state index contributed by atoms with van der Waals surface area (Å²) in [4.78, 5) is 31.1. The zero-order valence-corrected chi connectivity index (χ0v) is 15.6. The van der Waals surface area contributed by atoms with Crippen LogP contribution in [0.4, 0.5) is 14.6 Å². The van der Waals surface area contributed by atoms with Crippen molar-refractivity contribution in [2.75, 3.05) is 5.32 Å². The molecule has 1 amide bonds. The zero-order chi connectivity index (χ0) is 21.1. The number of amides is 1. The van der Waals surface area contributed by atoms with E-state index in [2.05, 4.69) is 15.3 Å². The minimum Gasteiger partial charge on any atom is -0.477 e. The number of aromatic nitrogens is 2. The van der Waals surface area contributed by atoms with Crippen molar-refractivity contribution in [2.24, 2.45) is 5.92 Å². The van der Waals surface area contributed by atoms with Gasteiger partial charge in [0.05, 0.1) is 0 Å². The molecule has 0 radical (unpaired) electrons. The van der Waals surface area contributed by atoms with Crippen LogP contribution in [0.1, 0.15) is 42.1 Å². The largest absolute Gasteiger partial charge is 0.477 e. The fourth-order valence-electron chi connectivity index (χ4n) is 2.94. The third kappa shape index (κ3) is 4.95. The van der Waals surface area contributed by atoms with Crippen molar-refractivity contribution in [3.8, 4) is 11.5 Å². The van der Waals surface area contributed by atoms with Crippen LogP contribution in [0.5, 0.6) is 11.5 Å². The van der Waals surface area contributed by atoms with Crippen molar-refractivity contribution in [1.29, 1.82) is 0 Å². The molecule has 154 valence electrons. The van der Waals surface area contributed by atoms with E-state index in [0.717, 1.165) is 12.5 Å². The summed E-state index contributed by atoms with van der Waals surface area (Å²) >= 11 is 0. The van der Waals surface area contributed by atoms with Crippen LogP contribution in [0.2, 0.25) is 0 Å². The van der Waals surface area contributed by atoms with Gasteiger partial charge < -0.3 is 19.9 Å². The van der Waals surface area contributed by atoms with Crippen molar-refractivity contribution < 1.29 is 33.0 Å². The summed E-state index contributed by atoms with van der Waals surface area (Å²) in [5.74, 6) is -2.24. The molecule has 29 heavy (non-hydrogen) atoms. The second-order valence-electron chi connectivity index (χ2n) is 6.56. The Morgan fingerprint density at radius 3 is 2.55 bits per heavy atom. The molecular weight excluding hydrogens is 388 g/mol. The molecule has 1 aromatic heterocycles. The van der Waals surface area contributed by atoms with Gasteiger partial charge in [-0.2, -0.15) is 0 Å². The minimum atomic E-state index is -1.63. The first kappa shape index (κ1) is 20.4. The summed E-state index contributed by atoms with van der Waals surface area (Å²) in [5.41, 5.74) is 0.480. The summed E-state index contributed by atoms with van der Waals surface area (Å²) < 4.78 is 36.5. The summed E-state index contributed by atoms with van der Waals surface area (Å²) in [6.07, 6.45) is -0.494. The monoisotopic (exact) mass is 407 g/mol. The number of alkyl halides is 2. The number of hydrogen-bond acceptors (Lipinski definition) is 6. The van der Waals surface area contributed by atoms with Gasteiger partial charge in [0, 0.05) is 26.0 Å². The maximum atomic E-state index is 13.3. The number of halogens is 2. The minimum absolute atomic E-state index is 0.0389. The molecule has 0 aliphatic heterocycles. The van der Waals surface area contributed by atoms with E-state index in [1.54, 1.807) is 6.07 Å². The van der Waals surface area contributed by atoms with Gasteiger partial charge in [-0.3, -0.25) is 4.79 Å². The zero-order valence-electron chi connectivity index (χ0n) is 15.6. The Kier molecular flexibility index (Phi) is 5.90. The number of aromatic carboxylic acids is 1. The average Bonchev–Trinajstić information content (AvgIpc) is 3.43. The van der Waals surface area contributed by atoms with Crippen LogP contribution < -0.4 is 14.8 Å². The van der Waals surface area contributed by atoms with E-state index in [1.165, 1.54) is 26.0 Å². The Labute approximate surface area is 164 Å². The molecule has 0 bridgehead atoms. The smallest absolute Gasteiger partial charge is 0.341 e. The van der Waals surface area contributed by atoms with Crippen molar-refractivity contribution >= 4 is 17.7 Å². The van der Waals surface area contributed by atoms with Crippen molar-refractivity contribution in [3.63, 3.8) is 0 Å². The number of anilines is 1. The lowest BCUT2D eigenvalue weighted by Gasteiger charge is -2.15. The molecule has 1 aliphatic rings. The lowest BCUT2D eigenvalue weighted by molar-refractivity contribution is -0.117. The number of nitrogens with one attached hydrogen (secondary N) is 1. The predicted molar refractivity (Wildman–Crippen MR) is 97.3 cm³/mol. The Balaban J connectivity index is 1.73. The normalized spacial score (nSPS) is 19.7. The third-order valence-corrected chi connectivity index (χ3v) is 4.29. The number of benzene rings is 1. The SMILES string of the molecule is CC(F)Oc1ccc(C2CC2C(=O)Nc2ncncc2C(=O)O)cc1OC(C)F. The highest BCUT2D eigenvalue weighted by Crippen LogP contribution is 2.49. The fourth-order valence-corrected chi connectivity index (χ4v) is 2.94. The van der Waals surface area contributed by atoms with Gasteiger partial charge in [0.2, 0.25) is 18.6 Å². The van der Waals surface area contributed by atoms with Crippen LogP contribution in [0, 0.1) is 5.92 Å². The van der Waals surface area contributed by atoms with Crippen molar-refractivity contribution in [3.05, 3.63) is 41.9 Å². The van der Waals surface area contributed by atoms with Gasteiger partial charge in [-0.1, -0.05) is 6.07 Å². The number of carboxylic acid groups (broad SMARTS) is 1. The Morgan fingerprint density at radius 1 is 1.21 bits per heavy atom. The molecule has 1 aromatic carbocycles. The van der Waals surface area contributed by atoms with Gasteiger partial charge in [0.25, 0.3) is 0 Å². The molecular formula is C19H19F2N3O5. The summed E-state index contributed by atoms with van der Waals surface area (Å²) in [7, 11) is 0. The van der Waals surface area contributed by atoms with Gasteiger partial charge in [-0.25, -0.2) is 23.5 Å². The molecule has 0 saturated heterocycles. The number of carboxylic acids is 1. The number of hydrogen-bond donors (Lipinski definition) is 2. The number of nitrogens with zero attached hydrogens (tertiary/aromatic N) is 2. The number of ether oxygens (including phenoxy) is 2. The fraction of sp³-hybridized carbons (Fsp3) is 0.368. The third-order valence-electron chi connectivity index (χ3n) is 4.29. The van der Waals surface area contributed by atoms with Crippen LogP contribution in [-0.4, -0.2) is 39.7 Å². The van der Waals surface area contributed by atoms with Crippen molar-refractivity contribution in [1.82, 2.24) is 9.97 Å². The molecule has 8 nitrogen and oxygen atoms in total. The second kappa shape index (κ2) is 8.38. The van der Waals surface area contributed by atoms with Gasteiger partial charge >= 0.3 is 5.97 Å². The van der Waals surface area contributed by atoms with E-state index in [0.29, 0.717) is 12.0 Å². The van der Waals surface area contributed by atoms with E-state index in [4.69, 9.17) is 14.6 Å². The predicted octanol–water partition coefficient (Wildman–Crippen LogP) is 3.31. The first-order valence-corrected chi connectivity index (χ1v) is 8.85. The standard InChI is InChI=1S/C19H19F2N3O5/c1-9(20)28-15-4-3-11(5-16(15)29-10(2)21)12-6-13(12)18(25)24-17-14(19(26)27)7-22-8-23-17/h3-5,7-10,12-13H,6H2,1-2H3,(H,26,27)(H,22,23,24,25). The Hall–Kier alpha value is -3.30. The molecule has 1 aliphatic carbocycles. The van der Waals surface area contributed by atoms with Crippen LogP contribution in [-0.2, 0) is 4.79 Å². The first-order chi connectivity index (χ1) is 13.8. The molecule has 4 unspecified atom stereocenters. The van der Waals surface area contributed by atoms with E-state index in [-0.39, 0.29) is 28.8 Å². The summed E-state index contributed by atoms with van der Waals surface area (Å²) in [6.45, 7) is 2.38. The van der Waals surface area contributed by atoms with E-state index >= 15 is 0 Å². The molecule has 1 saturated carbocycles. The quantitative estimate of drug-likeness (QED) is 0.691. The molecule has 1 heterocycles. The highest BCUT2D eigenvalue weighted by molar-refractivity contribution is 6.00. The maximum Gasteiger partial charge on any atom is 0.341 e. The molecule has 10 heteroatoms. The Morgan fingerprint density at radius 2 is 1.90 bits per heavy atom. The summed E-state index contributed by atoms with van der Waals surface area (Å²) in [5, 5.41) is 11.6. The van der Waals surface area contributed by atoms with E-state index in [1.807, 2.05) is 0 Å². The van der Waals surface area contributed by atoms with Crippen LogP contribution in [0.15, 0.2) is 30.7 Å². The summed E-state index contributed by atoms with van der Waals surface area (Å²) in [6, 6.07) is 4.63. The molecule has 3 rings (SSSR count). The molecule has 4 atom stereocenters. The van der Waals surface area contributed by atoms with E-state index < -0.39 is 30.5 Å². The number of rotatable bonds is 8. The maximum absolute atomic E-state index is 13.3. The molecule has 2 aromatic rings. The highest BCUT2D eigenvalue weighted by Gasteiger charge is 2.44. The van der Waals surface area contributed by atoms with Crippen LogP contribution >= 0.6 is 0 Å². The average molecular weight is 407 g/mol. The van der Waals surface area contributed by atoms with Crippen molar-refractivity contribution in [2.45, 2.75) is 38.9 Å². The highest BCUT2D eigenvalue weighted by atomic mass is 19.1. The first-order valence-electron chi connectivity index (χ1n) is 8.85. The van der Waals surface area contributed by atoms with Gasteiger partial charge in [0.15, 0.2) is 17.3 Å². The van der Waals surface area contributed by atoms with Gasteiger partial charge in [0.1, 0.15) is 11.9 Å². The Bertz CT molecular complexity index is 922. The number of carbonyl (C=O) groups excluding carboxylic acids is 1. The lowest BCUT2D eigenvalue weighted by atomic mass is 10.1. The number of carbonyl (C=O) groups is 2. The molecule has 1 fully saturated rings. The second-order valence-corrected chi connectivity index (χ2v) is 6.56. The van der Waals surface area contributed by atoms with Crippen LogP contribution in [0.3, 0.4) is 0 Å². The van der Waals surface area contributed by atoms with Gasteiger partial charge in [-0.15, -0.1) is 0 Å². The molecule has 0 spiro atoms. The molecule has 2 N–H and O–H groups in total. The van der Waals surface area contributed by atoms with Crippen LogP contribution in [0.25, 0.3) is 0 Å². The lowest BCUT2D eigenvalue weighted by Crippen LogP contribution is -2.18. The van der Waals surface area contributed by atoms with Gasteiger partial charge in [-0.05, 0) is 30.0 Å².